The average molecular weight is 410 g/mol. The number of para-hydroxylation sites is 1. The number of amides is 1. The van der Waals surface area contributed by atoms with Gasteiger partial charge in [0.25, 0.3) is 5.56 Å². The molecule has 1 heterocycles. The first kappa shape index (κ1) is 21.1. The molecule has 0 saturated heterocycles. The van der Waals surface area contributed by atoms with E-state index in [0.717, 1.165) is 12.0 Å². The molecular weight excluding hydrogens is 382 g/mol. The van der Waals surface area contributed by atoms with Crippen LogP contribution in [-0.4, -0.2) is 20.7 Å². The quantitative estimate of drug-likeness (QED) is 0.446. The van der Waals surface area contributed by atoms with E-state index >= 15 is 0 Å². The fraction of sp³-hybridized carbons (Fsp3) is 0.348. The molecule has 3 aromatic rings. The maximum Gasteiger partial charge on any atom is 0.262 e. The first-order valence-corrected chi connectivity index (χ1v) is 10.8. The highest BCUT2D eigenvalue weighted by molar-refractivity contribution is 8.00. The molecule has 0 spiro atoms. The molecule has 3 rings (SSSR count). The van der Waals surface area contributed by atoms with Gasteiger partial charge in [0.1, 0.15) is 0 Å². The molecule has 0 saturated carbocycles. The second-order valence-corrected chi connectivity index (χ2v) is 8.82. The summed E-state index contributed by atoms with van der Waals surface area (Å²) in [6, 6.07) is 17.2. The summed E-state index contributed by atoms with van der Waals surface area (Å²) in [4.78, 5) is 30.3. The van der Waals surface area contributed by atoms with Gasteiger partial charge < -0.3 is 5.32 Å². The number of rotatable bonds is 8. The van der Waals surface area contributed by atoms with Crippen molar-refractivity contribution in [2.75, 3.05) is 0 Å². The van der Waals surface area contributed by atoms with Gasteiger partial charge in [-0.3, -0.25) is 14.2 Å². The van der Waals surface area contributed by atoms with Crippen LogP contribution in [0.3, 0.4) is 0 Å². The van der Waals surface area contributed by atoms with Crippen LogP contribution >= 0.6 is 11.8 Å². The molecule has 1 unspecified atom stereocenters. The largest absolute Gasteiger partial charge is 0.351 e. The van der Waals surface area contributed by atoms with E-state index < -0.39 is 0 Å². The number of fused-ring (bicyclic) bond motifs is 1. The van der Waals surface area contributed by atoms with Gasteiger partial charge in [0.15, 0.2) is 5.16 Å². The second kappa shape index (κ2) is 9.74. The van der Waals surface area contributed by atoms with E-state index in [1.54, 1.807) is 10.6 Å². The summed E-state index contributed by atoms with van der Waals surface area (Å²) >= 11 is 1.33. The summed E-state index contributed by atoms with van der Waals surface area (Å²) in [5.74, 6) is 0.398. The predicted octanol–water partition coefficient (Wildman–Crippen LogP) is 4.24. The molecule has 0 aliphatic heterocycles. The number of carbonyl (C=O) groups excluding carboxylic acids is 1. The van der Waals surface area contributed by atoms with Gasteiger partial charge in [-0.1, -0.05) is 68.1 Å². The Hall–Kier alpha value is -2.60. The maximum absolute atomic E-state index is 13.0. The Balaban J connectivity index is 1.80. The molecule has 1 aromatic heterocycles. The van der Waals surface area contributed by atoms with Crippen molar-refractivity contribution >= 4 is 28.6 Å². The number of hydrogen-bond donors (Lipinski definition) is 1. The molecule has 0 aliphatic rings. The van der Waals surface area contributed by atoms with Gasteiger partial charge in [-0.25, -0.2) is 4.98 Å². The molecule has 1 atom stereocenters. The fourth-order valence-corrected chi connectivity index (χ4v) is 3.92. The summed E-state index contributed by atoms with van der Waals surface area (Å²) < 4.78 is 1.72. The van der Waals surface area contributed by atoms with Crippen molar-refractivity contribution in [1.29, 1.82) is 0 Å². The third-order valence-corrected chi connectivity index (χ3v) is 5.81. The van der Waals surface area contributed by atoms with Gasteiger partial charge in [-0.2, -0.15) is 0 Å². The van der Waals surface area contributed by atoms with Crippen molar-refractivity contribution in [1.82, 2.24) is 14.9 Å². The van der Waals surface area contributed by atoms with Crippen LogP contribution in [0.15, 0.2) is 64.5 Å². The van der Waals surface area contributed by atoms with Crippen molar-refractivity contribution in [2.45, 2.75) is 50.7 Å². The standard InChI is InChI=1S/C23H27N3O2S/c1-16(2)13-14-26-22(28)19-11-7-8-12-20(19)25-23(26)29-17(3)21(27)24-15-18-9-5-4-6-10-18/h4-12,16-17H,13-15H2,1-3H3,(H,24,27). The monoisotopic (exact) mass is 409 g/mol. The molecule has 0 radical (unpaired) electrons. The average Bonchev–Trinajstić information content (AvgIpc) is 2.72. The number of hydrogen-bond acceptors (Lipinski definition) is 4. The Bertz CT molecular complexity index is 1030. The Morgan fingerprint density at radius 1 is 1.07 bits per heavy atom. The summed E-state index contributed by atoms with van der Waals surface area (Å²) in [7, 11) is 0. The van der Waals surface area contributed by atoms with E-state index in [2.05, 4.69) is 19.2 Å². The zero-order valence-corrected chi connectivity index (χ0v) is 17.9. The Morgan fingerprint density at radius 3 is 2.48 bits per heavy atom. The topological polar surface area (TPSA) is 64.0 Å². The molecule has 2 aromatic carbocycles. The van der Waals surface area contributed by atoms with Crippen LogP contribution in [-0.2, 0) is 17.9 Å². The molecule has 1 amide bonds. The summed E-state index contributed by atoms with van der Waals surface area (Å²) in [5.41, 5.74) is 1.67. The second-order valence-electron chi connectivity index (χ2n) is 7.51. The zero-order valence-electron chi connectivity index (χ0n) is 17.1. The summed E-state index contributed by atoms with van der Waals surface area (Å²) in [6.07, 6.45) is 0.877. The third kappa shape index (κ3) is 5.48. The molecule has 0 aliphatic carbocycles. The van der Waals surface area contributed by atoms with Crippen LogP contribution in [0.1, 0.15) is 32.8 Å². The van der Waals surface area contributed by atoms with Crippen LogP contribution < -0.4 is 10.9 Å². The Labute approximate surface area is 175 Å². The van der Waals surface area contributed by atoms with Crippen LogP contribution in [0.2, 0.25) is 0 Å². The van der Waals surface area contributed by atoms with Crippen molar-refractivity contribution < 1.29 is 4.79 Å². The number of nitrogens with zero attached hydrogens (tertiary/aromatic N) is 2. The molecule has 1 N–H and O–H groups in total. The van der Waals surface area contributed by atoms with Crippen LogP contribution in [0, 0.1) is 5.92 Å². The lowest BCUT2D eigenvalue weighted by Crippen LogP contribution is -2.31. The minimum absolute atomic E-state index is 0.0457. The predicted molar refractivity (Wildman–Crippen MR) is 119 cm³/mol. The molecule has 5 nitrogen and oxygen atoms in total. The van der Waals surface area contributed by atoms with Gasteiger partial charge >= 0.3 is 0 Å². The fourth-order valence-electron chi connectivity index (χ4n) is 2.96. The van der Waals surface area contributed by atoms with Crippen LogP contribution in [0.25, 0.3) is 10.9 Å². The lowest BCUT2D eigenvalue weighted by Gasteiger charge is -2.17. The van der Waals surface area contributed by atoms with Crippen LogP contribution in [0.5, 0.6) is 0 Å². The van der Waals surface area contributed by atoms with Crippen molar-refractivity contribution in [3.63, 3.8) is 0 Å². The van der Waals surface area contributed by atoms with Gasteiger partial charge in [0, 0.05) is 13.1 Å². The van der Waals surface area contributed by atoms with E-state index in [1.165, 1.54) is 11.8 Å². The maximum atomic E-state index is 13.0. The van der Waals surface area contributed by atoms with Crippen molar-refractivity contribution in [2.24, 2.45) is 5.92 Å². The van der Waals surface area contributed by atoms with E-state index in [9.17, 15) is 9.59 Å². The van der Waals surface area contributed by atoms with E-state index in [4.69, 9.17) is 4.98 Å². The van der Waals surface area contributed by atoms with Gasteiger partial charge in [0.05, 0.1) is 16.2 Å². The molecule has 0 bridgehead atoms. The normalized spacial score (nSPS) is 12.3. The number of thioether (sulfide) groups is 1. The van der Waals surface area contributed by atoms with Crippen molar-refractivity contribution in [3.05, 3.63) is 70.5 Å². The Morgan fingerprint density at radius 2 is 1.76 bits per heavy atom. The van der Waals surface area contributed by atoms with Gasteiger partial charge in [0.2, 0.25) is 5.91 Å². The number of aromatic nitrogens is 2. The van der Waals surface area contributed by atoms with Gasteiger partial charge in [-0.15, -0.1) is 0 Å². The van der Waals surface area contributed by atoms with E-state index in [1.807, 2.05) is 55.5 Å². The SMILES string of the molecule is CC(C)CCn1c(SC(C)C(=O)NCc2ccccc2)nc2ccccc2c1=O. The number of nitrogens with one attached hydrogen (secondary N) is 1. The van der Waals surface area contributed by atoms with E-state index in [0.29, 0.717) is 35.1 Å². The highest BCUT2D eigenvalue weighted by atomic mass is 32.2. The first-order chi connectivity index (χ1) is 14.0. The van der Waals surface area contributed by atoms with Crippen LogP contribution in [0.4, 0.5) is 0 Å². The molecule has 0 fully saturated rings. The van der Waals surface area contributed by atoms with Crippen molar-refractivity contribution in [3.8, 4) is 0 Å². The zero-order chi connectivity index (χ0) is 20.8. The molecule has 152 valence electrons. The lowest BCUT2D eigenvalue weighted by atomic mass is 10.1. The Kier molecular flexibility index (Phi) is 7.09. The molecular formula is C23H27N3O2S. The number of carbonyl (C=O) groups is 1. The minimum atomic E-state index is -0.364. The van der Waals surface area contributed by atoms with Gasteiger partial charge in [-0.05, 0) is 37.0 Å². The summed E-state index contributed by atoms with van der Waals surface area (Å²) in [5, 5.41) is 3.81. The smallest absolute Gasteiger partial charge is 0.262 e. The highest BCUT2D eigenvalue weighted by Crippen LogP contribution is 2.23. The number of benzene rings is 2. The molecule has 6 heteroatoms. The minimum Gasteiger partial charge on any atom is -0.351 e. The third-order valence-electron chi connectivity index (χ3n) is 4.72. The first-order valence-electron chi connectivity index (χ1n) is 9.93. The highest BCUT2D eigenvalue weighted by Gasteiger charge is 2.19. The van der Waals surface area contributed by atoms with E-state index in [-0.39, 0.29) is 16.7 Å². The molecule has 29 heavy (non-hydrogen) atoms. The lowest BCUT2D eigenvalue weighted by molar-refractivity contribution is -0.120. The summed E-state index contributed by atoms with van der Waals surface area (Å²) in [6.45, 7) is 7.18.